The molecule has 0 unspecified atom stereocenters. The third-order valence-electron chi connectivity index (χ3n) is 4.77. The molecule has 0 radical (unpaired) electrons. The van der Waals surface area contributed by atoms with Gasteiger partial charge in [-0.2, -0.15) is 0 Å². The number of nitrogens with zero attached hydrogens (tertiary/aromatic N) is 3. The highest BCUT2D eigenvalue weighted by Gasteiger charge is 2.30. The molecule has 2 heterocycles. The SMILES string of the molecule is CN1CCN(C(=O)CN2CCC(C)(CN)CC2)CC1. The van der Waals surface area contributed by atoms with Crippen molar-refractivity contribution < 1.29 is 4.79 Å². The quantitative estimate of drug-likeness (QED) is 0.771. The Balaban J connectivity index is 1.75. The highest BCUT2D eigenvalue weighted by Crippen LogP contribution is 2.29. The standard InChI is InChI=1S/C14H28N4O/c1-14(12-15)3-5-17(6-4-14)11-13(19)18-9-7-16(2)8-10-18/h3-12,15H2,1-2H3. The number of piperazine rings is 1. The molecule has 0 atom stereocenters. The highest BCUT2D eigenvalue weighted by atomic mass is 16.2. The molecular formula is C14H28N4O. The van der Waals surface area contributed by atoms with Gasteiger partial charge in [-0.3, -0.25) is 9.69 Å². The van der Waals surface area contributed by atoms with Gasteiger partial charge in [0.1, 0.15) is 0 Å². The number of amides is 1. The van der Waals surface area contributed by atoms with Gasteiger partial charge >= 0.3 is 0 Å². The van der Waals surface area contributed by atoms with E-state index in [9.17, 15) is 4.79 Å². The van der Waals surface area contributed by atoms with Crippen LogP contribution in [0.5, 0.6) is 0 Å². The molecule has 110 valence electrons. The Kier molecular flexibility index (Phi) is 4.81. The number of hydrogen-bond donors (Lipinski definition) is 1. The van der Waals surface area contributed by atoms with Gasteiger partial charge in [0.25, 0.3) is 0 Å². The molecule has 2 fully saturated rings. The number of hydrogen-bond acceptors (Lipinski definition) is 4. The van der Waals surface area contributed by atoms with Gasteiger partial charge in [0.2, 0.25) is 5.91 Å². The zero-order valence-electron chi connectivity index (χ0n) is 12.4. The minimum atomic E-state index is 0.285. The highest BCUT2D eigenvalue weighted by molar-refractivity contribution is 5.78. The van der Waals surface area contributed by atoms with Crippen molar-refractivity contribution >= 4 is 5.91 Å². The molecule has 0 spiro atoms. The lowest BCUT2D eigenvalue weighted by Crippen LogP contribution is -2.51. The van der Waals surface area contributed by atoms with Crippen LogP contribution in [0.15, 0.2) is 0 Å². The Labute approximate surface area is 116 Å². The van der Waals surface area contributed by atoms with Gasteiger partial charge in [0.05, 0.1) is 6.54 Å². The fourth-order valence-corrected chi connectivity index (χ4v) is 2.80. The molecule has 0 aromatic heterocycles. The fourth-order valence-electron chi connectivity index (χ4n) is 2.80. The molecule has 5 heteroatoms. The van der Waals surface area contributed by atoms with Crippen molar-refractivity contribution in [2.24, 2.45) is 11.1 Å². The summed E-state index contributed by atoms with van der Waals surface area (Å²) in [7, 11) is 2.11. The topological polar surface area (TPSA) is 52.8 Å². The predicted octanol–water partition coefficient (Wildman–Crippen LogP) is -0.179. The molecule has 0 aromatic rings. The van der Waals surface area contributed by atoms with Crippen molar-refractivity contribution in [3.05, 3.63) is 0 Å². The molecule has 2 saturated heterocycles. The minimum Gasteiger partial charge on any atom is -0.339 e. The number of rotatable bonds is 3. The molecule has 0 bridgehead atoms. The first kappa shape index (κ1) is 14.8. The van der Waals surface area contributed by atoms with Crippen LogP contribution in [0, 0.1) is 5.41 Å². The predicted molar refractivity (Wildman–Crippen MR) is 76.9 cm³/mol. The summed E-state index contributed by atoms with van der Waals surface area (Å²) in [6, 6.07) is 0. The van der Waals surface area contributed by atoms with Gasteiger partial charge < -0.3 is 15.5 Å². The van der Waals surface area contributed by atoms with E-state index in [1.54, 1.807) is 0 Å². The van der Waals surface area contributed by atoms with Gasteiger partial charge in [-0.15, -0.1) is 0 Å². The number of likely N-dealkylation sites (tertiary alicyclic amines) is 1. The van der Waals surface area contributed by atoms with Crippen molar-refractivity contribution in [2.45, 2.75) is 19.8 Å². The molecule has 2 rings (SSSR count). The van der Waals surface area contributed by atoms with E-state index in [2.05, 4.69) is 23.8 Å². The van der Waals surface area contributed by atoms with Crippen LogP contribution >= 0.6 is 0 Å². The average molecular weight is 268 g/mol. The largest absolute Gasteiger partial charge is 0.339 e. The van der Waals surface area contributed by atoms with Crippen LogP contribution in [-0.2, 0) is 4.79 Å². The summed E-state index contributed by atoms with van der Waals surface area (Å²) >= 11 is 0. The Bertz CT molecular complexity index is 305. The number of likely N-dealkylation sites (N-methyl/N-ethyl adjacent to an activating group) is 1. The number of carbonyl (C=O) groups excluding carboxylic acids is 1. The summed E-state index contributed by atoms with van der Waals surface area (Å²) < 4.78 is 0. The van der Waals surface area contributed by atoms with E-state index in [0.29, 0.717) is 12.5 Å². The summed E-state index contributed by atoms with van der Waals surface area (Å²) in [5.74, 6) is 0.296. The second-order valence-electron chi connectivity index (χ2n) is 6.47. The van der Waals surface area contributed by atoms with Crippen molar-refractivity contribution in [3.8, 4) is 0 Å². The molecule has 1 amide bonds. The van der Waals surface area contributed by atoms with Crippen LogP contribution in [0.2, 0.25) is 0 Å². The number of carbonyl (C=O) groups is 1. The monoisotopic (exact) mass is 268 g/mol. The summed E-state index contributed by atoms with van der Waals surface area (Å²) in [5.41, 5.74) is 6.10. The van der Waals surface area contributed by atoms with E-state index in [-0.39, 0.29) is 5.41 Å². The van der Waals surface area contributed by atoms with Crippen LogP contribution in [0.4, 0.5) is 0 Å². The van der Waals surface area contributed by atoms with E-state index in [1.807, 2.05) is 4.90 Å². The summed E-state index contributed by atoms with van der Waals surface area (Å²) in [4.78, 5) is 18.8. The molecular weight excluding hydrogens is 240 g/mol. The van der Waals surface area contributed by atoms with Crippen LogP contribution in [-0.4, -0.2) is 80.0 Å². The first-order valence-corrected chi connectivity index (χ1v) is 7.41. The summed E-state index contributed by atoms with van der Waals surface area (Å²) in [5, 5.41) is 0. The lowest BCUT2D eigenvalue weighted by molar-refractivity contribution is -0.134. The number of nitrogens with two attached hydrogens (primary N) is 1. The maximum atomic E-state index is 12.2. The second kappa shape index (κ2) is 6.20. The molecule has 0 aromatic carbocycles. The van der Waals surface area contributed by atoms with E-state index >= 15 is 0 Å². The summed E-state index contributed by atoms with van der Waals surface area (Å²) in [6.45, 7) is 9.37. The summed E-state index contributed by atoms with van der Waals surface area (Å²) in [6.07, 6.45) is 2.22. The minimum absolute atomic E-state index is 0.285. The van der Waals surface area contributed by atoms with Crippen molar-refractivity contribution in [1.82, 2.24) is 14.7 Å². The lowest BCUT2D eigenvalue weighted by Gasteiger charge is -2.39. The fraction of sp³-hybridized carbons (Fsp3) is 0.929. The lowest BCUT2D eigenvalue weighted by atomic mass is 9.80. The normalized spacial score (nSPS) is 25.5. The molecule has 5 nitrogen and oxygen atoms in total. The van der Waals surface area contributed by atoms with Crippen LogP contribution in [0.1, 0.15) is 19.8 Å². The van der Waals surface area contributed by atoms with Crippen molar-refractivity contribution in [2.75, 3.05) is 59.4 Å². The molecule has 0 saturated carbocycles. The molecule has 0 aliphatic carbocycles. The Morgan fingerprint density at radius 3 is 2.21 bits per heavy atom. The van der Waals surface area contributed by atoms with Gasteiger partial charge in [-0.05, 0) is 44.9 Å². The zero-order valence-corrected chi connectivity index (χ0v) is 12.4. The number of piperidine rings is 1. The average Bonchev–Trinajstić information content (AvgIpc) is 2.42. The third-order valence-corrected chi connectivity index (χ3v) is 4.77. The second-order valence-corrected chi connectivity index (χ2v) is 6.47. The van der Waals surface area contributed by atoms with Crippen molar-refractivity contribution in [1.29, 1.82) is 0 Å². The van der Waals surface area contributed by atoms with E-state index < -0.39 is 0 Å². The van der Waals surface area contributed by atoms with Crippen LogP contribution < -0.4 is 5.73 Å². The first-order chi connectivity index (χ1) is 9.02. The van der Waals surface area contributed by atoms with Crippen LogP contribution in [0.25, 0.3) is 0 Å². The molecule has 19 heavy (non-hydrogen) atoms. The van der Waals surface area contributed by atoms with Gasteiger partial charge in [-0.1, -0.05) is 6.92 Å². The molecule has 2 aliphatic rings. The van der Waals surface area contributed by atoms with Gasteiger partial charge in [0.15, 0.2) is 0 Å². The maximum absolute atomic E-state index is 12.2. The first-order valence-electron chi connectivity index (χ1n) is 7.41. The van der Waals surface area contributed by atoms with E-state index in [4.69, 9.17) is 5.73 Å². The Morgan fingerprint density at radius 2 is 1.68 bits per heavy atom. The third kappa shape index (κ3) is 3.91. The smallest absolute Gasteiger partial charge is 0.236 e. The zero-order chi connectivity index (χ0) is 13.9. The van der Waals surface area contributed by atoms with Crippen molar-refractivity contribution in [3.63, 3.8) is 0 Å². The molecule has 2 aliphatic heterocycles. The molecule has 2 N–H and O–H groups in total. The van der Waals surface area contributed by atoms with E-state index in [1.165, 1.54) is 0 Å². The Morgan fingerprint density at radius 1 is 1.11 bits per heavy atom. The van der Waals surface area contributed by atoms with Crippen LogP contribution in [0.3, 0.4) is 0 Å². The van der Waals surface area contributed by atoms with Gasteiger partial charge in [0, 0.05) is 26.2 Å². The maximum Gasteiger partial charge on any atom is 0.236 e. The van der Waals surface area contributed by atoms with Gasteiger partial charge in [-0.25, -0.2) is 0 Å². The van der Waals surface area contributed by atoms with E-state index in [0.717, 1.165) is 58.7 Å². The Hall–Kier alpha value is -0.650.